The number of likely N-dealkylation sites (tertiary alicyclic amines) is 1. The van der Waals surface area contributed by atoms with Crippen molar-refractivity contribution in [2.75, 3.05) is 11.9 Å². The van der Waals surface area contributed by atoms with Crippen molar-refractivity contribution in [2.24, 2.45) is 5.92 Å². The smallest absolute Gasteiger partial charge is 0.359 e. The first kappa shape index (κ1) is 20.9. The van der Waals surface area contributed by atoms with Gasteiger partial charge in [-0.2, -0.15) is 13.2 Å². The van der Waals surface area contributed by atoms with Crippen LogP contribution in [0.15, 0.2) is 34.9 Å². The molecule has 2 amide bonds. The Balaban J connectivity index is 1.63. The molecule has 0 radical (unpaired) electrons. The lowest BCUT2D eigenvalue weighted by Gasteiger charge is -2.17. The van der Waals surface area contributed by atoms with E-state index in [0.29, 0.717) is 11.3 Å². The number of hydrogen-bond donors (Lipinski definition) is 1. The van der Waals surface area contributed by atoms with Gasteiger partial charge in [0.1, 0.15) is 5.76 Å². The zero-order chi connectivity index (χ0) is 21.4. The summed E-state index contributed by atoms with van der Waals surface area (Å²) in [4.78, 5) is 26.1. The topological polar surface area (TPSA) is 75.4 Å². The molecule has 156 valence electrons. The van der Waals surface area contributed by atoms with Crippen molar-refractivity contribution in [3.8, 4) is 0 Å². The molecule has 6 nitrogen and oxygen atoms in total. The van der Waals surface area contributed by atoms with Crippen LogP contribution >= 0.6 is 0 Å². The van der Waals surface area contributed by atoms with Crippen LogP contribution in [0.3, 0.4) is 0 Å². The molecule has 0 bridgehead atoms. The lowest BCUT2D eigenvalue weighted by molar-refractivity contribution is -0.137. The molecule has 0 saturated carbocycles. The fourth-order valence-electron chi connectivity index (χ4n) is 3.08. The van der Waals surface area contributed by atoms with Crippen LogP contribution in [0.25, 0.3) is 0 Å². The van der Waals surface area contributed by atoms with E-state index in [0.717, 1.165) is 12.1 Å². The Labute approximate surface area is 166 Å². The number of amides is 2. The molecule has 9 heteroatoms. The average Bonchev–Trinajstić information content (AvgIpc) is 3.22. The van der Waals surface area contributed by atoms with Gasteiger partial charge in [0.15, 0.2) is 5.82 Å². The molecular formula is C20H22F3N3O3. The lowest BCUT2D eigenvalue weighted by Crippen LogP contribution is -2.28. The number of anilines is 1. The molecule has 1 aliphatic rings. The fourth-order valence-corrected chi connectivity index (χ4v) is 3.08. The van der Waals surface area contributed by atoms with Crippen molar-refractivity contribution >= 4 is 17.6 Å². The highest BCUT2D eigenvalue weighted by atomic mass is 19.4. The number of carbonyl (C=O) groups excluding carboxylic acids is 2. The number of halogens is 3. The third-order valence-electron chi connectivity index (χ3n) is 4.71. The van der Waals surface area contributed by atoms with Crippen molar-refractivity contribution in [3.05, 3.63) is 47.2 Å². The number of nitrogens with one attached hydrogen (secondary N) is 1. The second-order valence-electron chi connectivity index (χ2n) is 8.19. The molecule has 3 rings (SSSR count). The van der Waals surface area contributed by atoms with Crippen molar-refractivity contribution in [1.29, 1.82) is 0 Å². The van der Waals surface area contributed by atoms with Gasteiger partial charge in [-0.1, -0.05) is 38.1 Å². The molecule has 2 aromatic rings. The molecule has 1 aliphatic heterocycles. The summed E-state index contributed by atoms with van der Waals surface area (Å²) in [5.41, 5.74) is -0.668. The van der Waals surface area contributed by atoms with Crippen molar-refractivity contribution in [2.45, 2.75) is 45.3 Å². The van der Waals surface area contributed by atoms with Crippen LogP contribution < -0.4 is 5.32 Å². The zero-order valence-electron chi connectivity index (χ0n) is 16.3. The minimum absolute atomic E-state index is 0.00518. The normalized spacial score (nSPS) is 17.7. The number of carbonyl (C=O) groups is 2. The maximum atomic E-state index is 12.9. The fraction of sp³-hybridized carbons (Fsp3) is 0.450. The average molecular weight is 409 g/mol. The Kier molecular flexibility index (Phi) is 5.42. The maximum absolute atomic E-state index is 12.9. The Morgan fingerprint density at radius 3 is 2.62 bits per heavy atom. The first-order valence-electron chi connectivity index (χ1n) is 9.15. The molecule has 1 aromatic heterocycles. The van der Waals surface area contributed by atoms with Crippen LogP contribution in [-0.4, -0.2) is 28.4 Å². The van der Waals surface area contributed by atoms with E-state index >= 15 is 0 Å². The van der Waals surface area contributed by atoms with E-state index in [-0.39, 0.29) is 42.6 Å². The highest BCUT2D eigenvalue weighted by molar-refractivity contribution is 5.96. The van der Waals surface area contributed by atoms with Crippen LogP contribution in [0.4, 0.5) is 19.0 Å². The number of aromatic nitrogens is 1. The Morgan fingerprint density at radius 2 is 2.00 bits per heavy atom. The van der Waals surface area contributed by atoms with Gasteiger partial charge < -0.3 is 14.7 Å². The van der Waals surface area contributed by atoms with E-state index in [1.54, 1.807) is 6.07 Å². The van der Waals surface area contributed by atoms with Crippen molar-refractivity contribution < 1.29 is 27.3 Å². The molecule has 1 N–H and O–H groups in total. The third kappa shape index (κ3) is 4.96. The number of benzene rings is 1. The van der Waals surface area contributed by atoms with E-state index in [1.165, 1.54) is 17.0 Å². The van der Waals surface area contributed by atoms with Gasteiger partial charge in [0.2, 0.25) is 11.8 Å². The van der Waals surface area contributed by atoms with E-state index in [9.17, 15) is 22.8 Å². The largest absolute Gasteiger partial charge is 0.416 e. The van der Waals surface area contributed by atoms with E-state index < -0.39 is 17.7 Å². The van der Waals surface area contributed by atoms with Gasteiger partial charge >= 0.3 is 6.18 Å². The second kappa shape index (κ2) is 7.53. The van der Waals surface area contributed by atoms with Crippen LogP contribution in [-0.2, 0) is 27.7 Å². The molecular weight excluding hydrogens is 387 g/mol. The van der Waals surface area contributed by atoms with Gasteiger partial charge in [0, 0.05) is 31.0 Å². The summed E-state index contributed by atoms with van der Waals surface area (Å²) >= 11 is 0. The molecule has 1 aromatic carbocycles. The summed E-state index contributed by atoms with van der Waals surface area (Å²) < 4.78 is 43.8. The van der Waals surface area contributed by atoms with Gasteiger partial charge in [-0.15, -0.1) is 0 Å². The van der Waals surface area contributed by atoms with E-state index in [4.69, 9.17) is 4.52 Å². The molecule has 1 fully saturated rings. The summed E-state index contributed by atoms with van der Waals surface area (Å²) in [6, 6.07) is 6.47. The molecule has 0 aliphatic carbocycles. The van der Waals surface area contributed by atoms with Gasteiger partial charge in [-0.05, 0) is 17.7 Å². The summed E-state index contributed by atoms with van der Waals surface area (Å²) in [6.07, 6.45) is -4.45. The third-order valence-corrected chi connectivity index (χ3v) is 4.71. The zero-order valence-corrected chi connectivity index (χ0v) is 16.3. The molecule has 1 unspecified atom stereocenters. The number of rotatable bonds is 4. The number of nitrogens with zero attached hydrogens (tertiary/aromatic N) is 2. The Bertz CT molecular complexity index is 915. The van der Waals surface area contributed by atoms with Crippen molar-refractivity contribution in [1.82, 2.24) is 10.1 Å². The molecule has 0 spiro atoms. The standard InChI is InChI=1S/C20H22F3N3O3/c1-19(2,3)15-9-16(25-29-15)24-18(28)13-8-17(27)26(11-13)10-12-5-4-6-14(7-12)20(21,22)23/h4-7,9,13H,8,10-11H2,1-3H3,(H,24,25,28). The molecule has 2 heterocycles. The molecule has 1 saturated heterocycles. The Morgan fingerprint density at radius 1 is 1.28 bits per heavy atom. The highest BCUT2D eigenvalue weighted by Gasteiger charge is 2.35. The number of hydrogen-bond acceptors (Lipinski definition) is 4. The lowest BCUT2D eigenvalue weighted by atomic mass is 9.93. The van der Waals surface area contributed by atoms with E-state index in [2.05, 4.69) is 10.5 Å². The summed E-state index contributed by atoms with van der Waals surface area (Å²) in [5, 5.41) is 6.46. The number of alkyl halides is 3. The van der Waals surface area contributed by atoms with Gasteiger partial charge in [0.05, 0.1) is 11.5 Å². The van der Waals surface area contributed by atoms with Crippen LogP contribution in [0.1, 0.15) is 44.1 Å². The Hall–Kier alpha value is -2.84. The quantitative estimate of drug-likeness (QED) is 0.829. The maximum Gasteiger partial charge on any atom is 0.416 e. The monoisotopic (exact) mass is 409 g/mol. The minimum atomic E-state index is -4.45. The predicted molar refractivity (Wildman–Crippen MR) is 98.8 cm³/mol. The summed E-state index contributed by atoms with van der Waals surface area (Å²) in [6.45, 7) is 5.98. The second-order valence-corrected chi connectivity index (χ2v) is 8.19. The van der Waals surface area contributed by atoms with Gasteiger partial charge in [-0.3, -0.25) is 9.59 Å². The molecule has 29 heavy (non-hydrogen) atoms. The summed E-state index contributed by atoms with van der Waals surface area (Å²) in [7, 11) is 0. The molecule has 1 atom stereocenters. The van der Waals surface area contributed by atoms with E-state index in [1.807, 2.05) is 20.8 Å². The SMILES string of the molecule is CC(C)(C)c1cc(NC(=O)C2CC(=O)N(Cc3cccc(C(F)(F)F)c3)C2)no1. The minimum Gasteiger partial charge on any atom is -0.359 e. The first-order chi connectivity index (χ1) is 13.4. The predicted octanol–water partition coefficient (Wildman–Crippen LogP) is 3.98. The van der Waals surface area contributed by atoms with Crippen LogP contribution in [0.2, 0.25) is 0 Å². The van der Waals surface area contributed by atoms with Gasteiger partial charge in [-0.25, -0.2) is 0 Å². The van der Waals surface area contributed by atoms with Gasteiger partial charge in [0.25, 0.3) is 0 Å². The van der Waals surface area contributed by atoms with Crippen molar-refractivity contribution in [3.63, 3.8) is 0 Å². The van der Waals surface area contributed by atoms with Crippen LogP contribution in [0.5, 0.6) is 0 Å². The van der Waals surface area contributed by atoms with Crippen LogP contribution in [0, 0.1) is 5.92 Å². The first-order valence-corrected chi connectivity index (χ1v) is 9.15. The highest BCUT2D eigenvalue weighted by Crippen LogP contribution is 2.30. The summed E-state index contributed by atoms with van der Waals surface area (Å²) in [5.74, 6) is -0.384.